The van der Waals surface area contributed by atoms with Crippen LogP contribution >= 0.6 is 12.4 Å². The molecule has 0 amide bonds. The van der Waals surface area contributed by atoms with Crippen LogP contribution in [0.4, 0.5) is 0 Å². The minimum atomic E-state index is 0. The van der Waals surface area contributed by atoms with Gasteiger partial charge in [-0.25, -0.2) is 0 Å². The maximum absolute atomic E-state index is 2.58. The van der Waals surface area contributed by atoms with Crippen molar-refractivity contribution < 1.29 is 0 Å². The maximum Gasteiger partial charge on any atom is 0.0163 e. The van der Waals surface area contributed by atoms with Crippen molar-refractivity contribution in [1.82, 2.24) is 9.80 Å². The van der Waals surface area contributed by atoms with Crippen molar-refractivity contribution in [2.24, 2.45) is 0 Å². The van der Waals surface area contributed by atoms with Gasteiger partial charge >= 0.3 is 0 Å². The molecule has 0 aliphatic carbocycles. The molecule has 0 saturated carbocycles. The third-order valence-corrected chi connectivity index (χ3v) is 3.79. The van der Waals surface area contributed by atoms with E-state index in [1.54, 1.807) is 0 Å². The number of piperidine rings is 2. The first-order valence-corrected chi connectivity index (χ1v) is 7.05. The Hall–Kier alpha value is -0.0500. The van der Waals surface area contributed by atoms with Crippen LogP contribution in [0.15, 0.2) is 12.2 Å². The van der Waals surface area contributed by atoms with Gasteiger partial charge in [-0.2, -0.15) is 0 Å². The first kappa shape index (κ1) is 15.0. The Balaban J connectivity index is 0.00000144. The molecule has 17 heavy (non-hydrogen) atoms. The molecule has 2 aliphatic rings. The van der Waals surface area contributed by atoms with Crippen LogP contribution in [0.2, 0.25) is 0 Å². The van der Waals surface area contributed by atoms with Crippen LogP contribution in [0, 0.1) is 0 Å². The summed E-state index contributed by atoms with van der Waals surface area (Å²) >= 11 is 0. The van der Waals surface area contributed by atoms with Crippen molar-refractivity contribution in [1.29, 1.82) is 0 Å². The van der Waals surface area contributed by atoms with Crippen LogP contribution in [0.5, 0.6) is 0 Å². The Labute approximate surface area is 112 Å². The molecule has 0 aromatic rings. The zero-order valence-electron chi connectivity index (χ0n) is 10.9. The number of nitrogens with zero attached hydrogens (tertiary/aromatic N) is 2. The van der Waals surface area contributed by atoms with Crippen LogP contribution in [-0.4, -0.2) is 49.1 Å². The molecule has 2 nitrogen and oxygen atoms in total. The summed E-state index contributed by atoms with van der Waals surface area (Å²) < 4.78 is 0. The van der Waals surface area contributed by atoms with Gasteiger partial charge in [0.25, 0.3) is 0 Å². The molecule has 0 N–H and O–H groups in total. The molecule has 0 bridgehead atoms. The van der Waals surface area contributed by atoms with Crippen LogP contribution < -0.4 is 0 Å². The zero-order valence-corrected chi connectivity index (χ0v) is 11.8. The topological polar surface area (TPSA) is 6.48 Å². The molecule has 3 heteroatoms. The molecular weight excluding hydrogens is 232 g/mol. The predicted octanol–water partition coefficient (Wildman–Crippen LogP) is 2.94. The van der Waals surface area contributed by atoms with E-state index in [1.165, 1.54) is 77.8 Å². The molecule has 2 fully saturated rings. The van der Waals surface area contributed by atoms with Gasteiger partial charge in [-0.1, -0.05) is 25.0 Å². The van der Waals surface area contributed by atoms with E-state index in [9.17, 15) is 0 Å². The van der Waals surface area contributed by atoms with Crippen molar-refractivity contribution in [3.05, 3.63) is 12.2 Å². The second-order valence-corrected chi connectivity index (χ2v) is 5.19. The quantitative estimate of drug-likeness (QED) is 0.716. The number of rotatable bonds is 4. The van der Waals surface area contributed by atoms with E-state index in [1.807, 2.05) is 0 Å². The van der Waals surface area contributed by atoms with Crippen molar-refractivity contribution in [3.8, 4) is 0 Å². The Morgan fingerprint density at radius 1 is 0.588 bits per heavy atom. The predicted molar refractivity (Wildman–Crippen MR) is 77.0 cm³/mol. The summed E-state index contributed by atoms with van der Waals surface area (Å²) in [5.74, 6) is 0. The summed E-state index contributed by atoms with van der Waals surface area (Å²) in [7, 11) is 0. The third kappa shape index (κ3) is 5.89. The lowest BCUT2D eigenvalue weighted by Crippen LogP contribution is -2.31. The number of halogens is 1. The van der Waals surface area contributed by atoms with Gasteiger partial charge in [-0.3, -0.25) is 9.80 Å². The fourth-order valence-corrected chi connectivity index (χ4v) is 2.73. The third-order valence-electron chi connectivity index (χ3n) is 3.79. The Bertz CT molecular complexity index is 184. The van der Waals surface area contributed by atoms with Gasteiger partial charge in [-0.05, 0) is 51.9 Å². The van der Waals surface area contributed by atoms with Gasteiger partial charge in [0.15, 0.2) is 0 Å². The highest BCUT2D eigenvalue weighted by molar-refractivity contribution is 5.85. The van der Waals surface area contributed by atoms with Crippen LogP contribution in [0.1, 0.15) is 38.5 Å². The second-order valence-electron chi connectivity index (χ2n) is 5.19. The van der Waals surface area contributed by atoms with Crippen molar-refractivity contribution in [2.45, 2.75) is 38.5 Å². The second kappa shape index (κ2) is 8.96. The molecule has 0 aromatic heterocycles. The SMILES string of the molecule is C(=C\CN1CCCCC1)/CN1CCCCC1.Cl. The Morgan fingerprint density at radius 3 is 1.29 bits per heavy atom. The van der Waals surface area contributed by atoms with E-state index in [-0.39, 0.29) is 12.4 Å². The van der Waals surface area contributed by atoms with Crippen LogP contribution in [0.3, 0.4) is 0 Å². The van der Waals surface area contributed by atoms with Gasteiger partial charge in [0.2, 0.25) is 0 Å². The minimum Gasteiger partial charge on any atom is -0.300 e. The molecule has 2 saturated heterocycles. The lowest BCUT2D eigenvalue weighted by Gasteiger charge is -2.26. The summed E-state index contributed by atoms with van der Waals surface area (Å²) in [4.78, 5) is 5.16. The van der Waals surface area contributed by atoms with Gasteiger partial charge in [0.1, 0.15) is 0 Å². The van der Waals surface area contributed by atoms with Gasteiger partial charge in [0.05, 0.1) is 0 Å². The van der Waals surface area contributed by atoms with Gasteiger partial charge in [0, 0.05) is 13.1 Å². The highest BCUT2D eigenvalue weighted by Gasteiger charge is 2.09. The van der Waals surface area contributed by atoms with E-state index < -0.39 is 0 Å². The fourth-order valence-electron chi connectivity index (χ4n) is 2.73. The highest BCUT2D eigenvalue weighted by atomic mass is 35.5. The minimum absolute atomic E-state index is 0. The van der Waals surface area contributed by atoms with E-state index in [2.05, 4.69) is 22.0 Å². The van der Waals surface area contributed by atoms with E-state index in [0.29, 0.717) is 0 Å². The normalized spacial score (nSPS) is 23.8. The van der Waals surface area contributed by atoms with E-state index >= 15 is 0 Å². The standard InChI is InChI=1S/C14H26N2.ClH/c1-3-9-15(10-4-1)13-7-8-14-16-11-5-2-6-12-16;/h7-8H,1-6,9-14H2;1H/b8-7+;. The Kier molecular flexibility index (Phi) is 7.91. The van der Waals surface area contributed by atoms with Crippen LogP contribution in [-0.2, 0) is 0 Å². The summed E-state index contributed by atoms with van der Waals surface area (Å²) in [5, 5.41) is 0. The zero-order chi connectivity index (χ0) is 11.1. The molecule has 2 rings (SSSR count). The monoisotopic (exact) mass is 258 g/mol. The first-order valence-electron chi connectivity index (χ1n) is 7.05. The lowest BCUT2D eigenvalue weighted by atomic mass is 10.1. The Morgan fingerprint density at radius 2 is 0.941 bits per heavy atom. The average molecular weight is 259 g/mol. The molecule has 2 aliphatic heterocycles. The van der Waals surface area contributed by atoms with Crippen LogP contribution in [0.25, 0.3) is 0 Å². The smallest absolute Gasteiger partial charge is 0.0163 e. The maximum atomic E-state index is 2.58. The molecular formula is C14H27ClN2. The molecule has 100 valence electrons. The summed E-state index contributed by atoms with van der Waals surface area (Å²) in [6.07, 6.45) is 13.2. The summed E-state index contributed by atoms with van der Waals surface area (Å²) in [5.41, 5.74) is 0. The molecule has 0 radical (unpaired) electrons. The largest absolute Gasteiger partial charge is 0.300 e. The van der Waals surface area contributed by atoms with E-state index in [4.69, 9.17) is 0 Å². The number of hydrogen-bond donors (Lipinski definition) is 0. The highest BCUT2D eigenvalue weighted by Crippen LogP contribution is 2.09. The van der Waals surface area contributed by atoms with Crippen molar-refractivity contribution in [2.75, 3.05) is 39.3 Å². The molecule has 0 atom stereocenters. The molecule has 0 spiro atoms. The van der Waals surface area contributed by atoms with Gasteiger partial charge in [-0.15, -0.1) is 12.4 Å². The van der Waals surface area contributed by atoms with Crippen molar-refractivity contribution in [3.63, 3.8) is 0 Å². The fraction of sp³-hybridized carbons (Fsp3) is 0.857. The molecule has 0 aromatic carbocycles. The summed E-state index contributed by atoms with van der Waals surface area (Å²) in [6.45, 7) is 7.60. The van der Waals surface area contributed by atoms with E-state index in [0.717, 1.165) is 0 Å². The molecule has 0 unspecified atom stereocenters. The average Bonchev–Trinajstić information content (AvgIpc) is 2.37. The molecule has 2 heterocycles. The lowest BCUT2D eigenvalue weighted by molar-refractivity contribution is 0.245. The number of likely N-dealkylation sites (tertiary alicyclic amines) is 2. The van der Waals surface area contributed by atoms with Crippen molar-refractivity contribution >= 4 is 12.4 Å². The summed E-state index contributed by atoms with van der Waals surface area (Å²) in [6, 6.07) is 0. The van der Waals surface area contributed by atoms with Gasteiger partial charge < -0.3 is 0 Å². The number of hydrogen-bond acceptors (Lipinski definition) is 2. The first-order chi connectivity index (χ1) is 7.95.